The van der Waals surface area contributed by atoms with Crippen molar-refractivity contribution < 1.29 is 13.2 Å². The molecule has 1 amide bonds. The highest BCUT2D eigenvalue weighted by atomic mass is 35.5. The maximum Gasteiger partial charge on any atom is 0.244 e. The van der Waals surface area contributed by atoms with E-state index in [2.05, 4.69) is 0 Å². The molecule has 0 aromatic heterocycles. The van der Waals surface area contributed by atoms with Crippen molar-refractivity contribution in [1.29, 1.82) is 0 Å². The second-order valence-corrected chi connectivity index (χ2v) is 9.82. The van der Waals surface area contributed by atoms with Crippen LogP contribution in [0.4, 0.5) is 0 Å². The summed E-state index contributed by atoms with van der Waals surface area (Å²) in [5.41, 5.74) is 0. The van der Waals surface area contributed by atoms with Gasteiger partial charge in [-0.3, -0.25) is 4.79 Å². The maximum atomic E-state index is 12.9. The van der Waals surface area contributed by atoms with Gasteiger partial charge in [0.2, 0.25) is 15.9 Å². The van der Waals surface area contributed by atoms with Gasteiger partial charge in [0.1, 0.15) is 4.90 Å². The third-order valence-corrected chi connectivity index (χ3v) is 7.80. The van der Waals surface area contributed by atoms with Gasteiger partial charge < -0.3 is 4.90 Å². The van der Waals surface area contributed by atoms with Gasteiger partial charge in [0.15, 0.2) is 0 Å². The van der Waals surface area contributed by atoms with Crippen LogP contribution in [-0.2, 0) is 14.8 Å². The Morgan fingerprint density at radius 1 is 1.19 bits per heavy atom. The number of hydrogen-bond acceptors (Lipinski definition) is 3. The van der Waals surface area contributed by atoms with Crippen LogP contribution in [0.3, 0.4) is 0 Å². The van der Waals surface area contributed by atoms with Crippen LogP contribution in [0.25, 0.3) is 0 Å². The number of amides is 1. The fraction of sp³-hybridized carbons (Fsp3) is 0.611. The van der Waals surface area contributed by atoms with Crippen LogP contribution in [0.2, 0.25) is 10.0 Å². The molecule has 3 rings (SSSR count). The summed E-state index contributed by atoms with van der Waals surface area (Å²) < 4.78 is 27.1. The van der Waals surface area contributed by atoms with Crippen molar-refractivity contribution in [2.45, 2.75) is 37.5 Å². The van der Waals surface area contributed by atoms with Crippen LogP contribution < -0.4 is 0 Å². The van der Waals surface area contributed by atoms with Gasteiger partial charge in [-0.15, -0.1) is 0 Å². The minimum absolute atomic E-state index is 0.0281. The summed E-state index contributed by atoms with van der Waals surface area (Å²) in [5, 5.41) is 0.492. The van der Waals surface area contributed by atoms with Gasteiger partial charge in [-0.1, -0.05) is 23.2 Å². The Kier molecular flexibility index (Phi) is 6.17. The zero-order valence-electron chi connectivity index (χ0n) is 14.8. The van der Waals surface area contributed by atoms with Crippen molar-refractivity contribution >= 4 is 39.1 Å². The first-order chi connectivity index (χ1) is 12.3. The molecule has 2 fully saturated rings. The molecule has 1 saturated heterocycles. The van der Waals surface area contributed by atoms with Gasteiger partial charge in [0.25, 0.3) is 0 Å². The van der Waals surface area contributed by atoms with Crippen molar-refractivity contribution in [1.82, 2.24) is 9.21 Å². The van der Waals surface area contributed by atoms with Gasteiger partial charge in [-0.05, 0) is 56.7 Å². The Bertz CT molecular complexity index is 773. The monoisotopic (exact) mass is 418 g/mol. The zero-order chi connectivity index (χ0) is 18.9. The Labute approximate surface area is 165 Å². The highest BCUT2D eigenvalue weighted by Gasteiger charge is 2.35. The quantitative estimate of drug-likeness (QED) is 0.707. The molecule has 1 aromatic rings. The minimum Gasteiger partial charge on any atom is -0.342 e. The topological polar surface area (TPSA) is 57.7 Å². The largest absolute Gasteiger partial charge is 0.342 e. The highest BCUT2D eigenvalue weighted by molar-refractivity contribution is 7.89. The van der Waals surface area contributed by atoms with E-state index < -0.39 is 10.0 Å². The summed E-state index contributed by atoms with van der Waals surface area (Å²) in [6.07, 6.45) is 3.50. The summed E-state index contributed by atoms with van der Waals surface area (Å²) in [4.78, 5) is 14.7. The van der Waals surface area contributed by atoms with Crippen molar-refractivity contribution in [3.8, 4) is 0 Å². The Morgan fingerprint density at radius 2 is 1.85 bits per heavy atom. The van der Waals surface area contributed by atoms with Crippen molar-refractivity contribution in [3.63, 3.8) is 0 Å². The molecule has 0 unspecified atom stereocenters. The lowest BCUT2D eigenvalue weighted by atomic mass is 9.96. The average Bonchev–Trinajstić information content (AvgIpc) is 3.45. The molecule has 0 N–H and O–H groups in total. The second-order valence-electron chi connectivity index (χ2n) is 7.07. The van der Waals surface area contributed by atoms with E-state index in [0.717, 1.165) is 6.54 Å². The summed E-state index contributed by atoms with van der Waals surface area (Å²) in [6.45, 7) is 4.20. The van der Waals surface area contributed by atoms with E-state index >= 15 is 0 Å². The number of piperidine rings is 1. The molecule has 1 heterocycles. The predicted octanol–water partition coefficient (Wildman–Crippen LogP) is 3.65. The number of carbonyl (C=O) groups is 1. The molecule has 1 aliphatic heterocycles. The van der Waals surface area contributed by atoms with Gasteiger partial charge in [-0.2, -0.15) is 4.31 Å². The van der Waals surface area contributed by atoms with E-state index in [9.17, 15) is 13.2 Å². The third kappa shape index (κ3) is 4.35. The molecule has 0 bridgehead atoms. The molecule has 1 aromatic carbocycles. The summed E-state index contributed by atoms with van der Waals surface area (Å²) in [5.74, 6) is 0.719. The van der Waals surface area contributed by atoms with E-state index in [0.29, 0.717) is 43.4 Å². The highest BCUT2D eigenvalue weighted by Crippen LogP contribution is 2.32. The summed E-state index contributed by atoms with van der Waals surface area (Å²) in [6, 6.07) is 4.43. The molecule has 1 aliphatic carbocycles. The number of benzene rings is 1. The molecule has 0 spiro atoms. The van der Waals surface area contributed by atoms with Crippen molar-refractivity contribution in [2.24, 2.45) is 11.8 Å². The normalized spacial score (nSPS) is 19.5. The van der Waals surface area contributed by atoms with Crippen LogP contribution in [0.15, 0.2) is 23.1 Å². The van der Waals surface area contributed by atoms with Crippen LogP contribution in [0, 0.1) is 11.8 Å². The molecule has 1 saturated carbocycles. The van der Waals surface area contributed by atoms with Crippen molar-refractivity contribution in [3.05, 3.63) is 28.2 Å². The second kappa shape index (κ2) is 8.05. The standard InChI is InChI=1S/C18H24Cl2N2O3S/c1-2-21(12-13-3-4-13)18(23)14-7-9-22(10-8-14)26(24,25)17-11-15(19)5-6-16(17)20/h5-6,11,13-14H,2-4,7-10,12H2,1H3. The molecular formula is C18H24Cl2N2O3S. The fourth-order valence-electron chi connectivity index (χ4n) is 3.40. The van der Waals surface area contributed by atoms with Gasteiger partial charge in [-0.25, -0.2) is 8.42 Å². The van der Waals surface area contributed by atoms with Crippen molar-refractivity contribution in [2.75, 3.05) is 26.2 Å². The molecule has 26 heavy (non-hydrogen) atoms. The van der Waals surface area contributed by atoms with E-state index in [1.165, 1.54) is 29.3 Å². The van der Waals surface area contributed by atoms with Gasteiger partial charge in [0.05, 0.1) is 5.02 Å². The van der Waals surface area contributed by atoms with Crippen LogP contribution in [-0.4, -0.2) is 49.7 Å². The smallest absolute Gasteiger partial charge is 0.244 e. The summed E-state index contributed by atoms with van der Waals surface area (Å²) >= 11 is 12.0. The van der Waals surface area contributed by atoms with Gasteiger partial charge >= 0.3 is 0 Å². The first-order valence-corrected chi connectivity index (χ1v) is 11.3. The maximum absolute atomic E-state index is 12.9. The van der Waals surface area contributed by atoms with E-state index in [4.69, 9.17) is 23.2 Å². The zero-order valence-corrected chi connectivity index (χ0v) is 17.2. The van der Waals surface area contributed by atoms with Crippen LogP contribution in [0.5, 0.6) is 0 Å². The fourth-order valence-corrected chi connectivity index (χ4v) is 5.61. The first-order valence-electron chi connectivity index (χ1n) is 9.07. The molecule has 5 nitrogen and oxygen atoms in total. The van der Waals surface area contributed by atoms with Crippen LogP contribution in [0.1, 0.15) is 32.6 Å². The Balaban J connectivity index is 1.65. The third-order valence-electron chi connectivity index (χ3n) is 5.18. The lowest BCUT2D eigenvalue weighted by Crippen LogP contribution is -2.44. The molecule has 8 heteroatoms. The number of rotatable bonds is 6. The molecule has 144 valence electrons. The first kappa shape index (κ1) is 19.9. The Morgan fingerprint density at radius 3 is 2.42 bits per heavy atom. The van der Waals surface area contributed by atoms with E-state index in [-0.39, 0.29) is 21.7 Å². The lowest BCUT2D eigenvalue weighted by molar-refractivity contribution is -0.136. The number of sulfonamides is 1. The van der Waals surface area contributed by atoms with E-state index in [1.807, 2.05) is 11.8 Å². The molecular weight excluding hydrogens is 395 g/mol. The molecule has 0 radical (unpaired) electrons. The Hall–Kier alpha value is -0.820. The number of hydrogen-bond donors (Lipinski definition) is 0. The predicted molar refractivity (Wildman–Crippen MR) is 103 cm³/mol. The summed E-state index contributed by atoms with van der Waals surface area (Å²) in [7, 11) is -3.71. The molecule has 2 aliphatic rings. The molecule has 0 atom stereocenters. The van der Waals surface area contributed by atoms with Crippen LogP contribution >= 0.6 is 23.2 Å². The average molecular weight is 419 g/mol. The number of carbonyl (C=O) groups excluding carboxylic acids is 1. The minimum atomic E-state index is -3.71. The number of halogens is 2. The lowest BCUT2D eigenvalue weighted by Gasteiger charge is -2.33. The van der Waals surface area contributed by atoms with E-state index in [1.54, 1.807) is 6.07 Å². The van der Waals surface area contributed by atoms with Gasteiger partial charge in [0, 0.05) is 37.1 Å². The number of nitrogens with zero attached hydrogens (tertiary/aromatic N) is 2. The SMILES string of the molecule is CCN(CC1CC1)C(=O)C1CCN(S(=O)(=O)c2cc(Cl)ccc2Cl)CC1.